The molecule has 0 bridgehead atoms. The smallest absolute Gasteiger partial charge is 0.207 e. The number of hydrogen-bond donors (Lipinski definition) is 0. The first-order valence-electron chi connectivity index (χ1n) is 8.53. The molecule has 1 aliphatic heterocycles. The Hall–Kier alpha value is -1.36. The van der Waals surface area contributed by atoms with E-state index in [2.05, 4.69) is 13.8 Å². The normalized spacial score (nSPS) is 21.2. The van der Waals surface area contributed by atoms with Crippen molar-refractivity contribution >= 4 is 21.6 Å². The first kappa shape index (κ1) is 18.4. The van der Waals surface area contributed by atoms with Crippen molar-refractivity contribution in [3.05, 3.63) is 64.7 Å². The molecule has 0 radical (unpaired) electrons. The van der Waals surface area contributed by atoms with E-state index in [4.69, 9.17) is 11.6 Å². The zero-order valence-corrected chi connectivity index (χ0v) is 16.4. The van der Waals surface area contributed by atoms with Gasteiger partial charge < -0.3 is 0 Å². The Morgan fingerprint density at radius 2 is 1.64 bits per heavy atom. The lowest BCUT2D eigenvalue weighted by atomic mass is 9.81. The van der Waals surface area contributed by atoms with Crippen LogP contribution in [0, 0.1) is 12.3 Å². The maximum atomic E-state index is 13.3. The molecule has 1 saturated heterocycles. The third kappa shape index (κ3) is 3.91. The van der Waals surface area contributed by atoms with Gasteiger partial charge in [-0.25, -0.2) is 8.42 Å². The van der Waals surface area contributed by atoms with Crippen LogP contribution >= 0.6 is 11.6 Å². The molecule has 2 aromatic carbocycles. The second-order valence-corrected chi connectivity index (χ2v) is 9.96. The molecule has 5 heteroatoms. The largest absolute Gasteiger partial charge is 0.243 e. The molecule has 1 heterocycles. The summed E-state index contributed by atoms with van der Waals surface area (Å²) in [5, 5.41) is 0.660. The Kier molecular flexibility index (Phi) is 4.97. The lowest BCUT2D eigenvalue weighted by molar-refractivity contribution is 0.135. The molecule has 0 amide bonds. The summed E-state index contributed by atoms with van der Waals surface area (Å²) in [5.41, 5.74) is 2.00. The van der Waals surface area contributed by atoms with E-state index in [1.54, 1.807) is 16.4 Å². The highest BCUT2D eigenvalue weighted by Gasteiger charge is 2.40. The zero-order chi connectivity index (χ0) is 18.2. The van der Waals surface area contributed by atoms with Crippen LogP contribution < -0.4 is 0 Å². The summed E-state index contributed by atoms with van der Waals surface area (Å²) < 4.78 is 28.3. The van der Waals surface area contributed by atoms with Gasteiger partial charge in [-0.15, -0.1) is 0 Å². The lowest BCUT2D eigenvalue weighted by Gasteiger charge is -2.43. The monoisotopic (exact) mass is 377 g/mol. The molecule has 134 valence electrons. The maximum absolute atomic E-state index is 13.3. The Morgan fingerprint density at radius 3 is 2.24 bits per heavy atom. The minimum absolute atomic E-state index is 0.0410. The molecular formula is C20H24ClNO2S. The van der Waals surface area contributed by atoms with Crippen LogP contribution in [-0.2, 0) is 10.0 Å². The summed E-state index contributed by atoms with van der Waals surface area (Å²) in [6, 6.07) is 14.5. The quantitative estimate of drug-likeness (QED) is 0.737. The highest BCUT2D eigenvalue weighted by atomic mass is 35.5. The predicted octanol–water partition coefficient (Wildman–Crippen LogP) is 5.20. The summed E-state index contributed by atoms with van der Waals surface area (Å²) in [4.78, 5) is 0.356. The van der Waals surface area contributed by atoms with Crippen LogP contribution in [0.15, 0.2) is 53.4 Å². The highest BCUT2D eigenvalue weighted by molar-refractivity contribution is 7.89. The van der Waals surface area contributed by atoms with E-state index in [1.165, 1.54) is 0 Å². The molecule has 1 aliphatic rings. The van der Waals surface area contributed by atoms with Gasteiger partial charge in [-0.3, -0.25) is 0 Å². The minimum atomic E-state index is -3.56. The number of piperidine rings is 1. The van der Waals surface area contributed by atoms with Gasteiger partial charge >= 0.3 is 0 Å². The van der Waals surface area contributed by atoms with Gasteiger partial charge in [0.15, 0.2) is 0 Å². The molecule has 0 unspecified atom stereocenters. The van der Waals surface area contributed by atoms with Crippen LogP contribution in [0.3, 0.4) is 0 Å². The van der Waals surface area contributed by atoms with Crippen LogP contribution in [0.5, 0.6) is 0 Å². The average molecular weight is 378 g/mol. The fraction of sp³-hybridized carbons (Fsp3) is 0.400. The average Bonchev–Trinajstić information content (AvgIpc) is 2.55. The Bertz CT molecular complexity index is 842. The van der Waals surface area contributed by atoms with Gasteiger partial charge in [-0.1, -0.05) is 55.3 Å². The maximum Gasteiger partial charge on any atom is 0.243 e. The highest BCUT2D eigenvalue weighted by Crippen LogP contribution is 2.42. The summed E-state index contributed by atoms with van der Waals surface area (Å²) in [6.45, 7) is 6.72. The SMILES string of the molecule is Cc1ccc(S(=O)(=O)N2CC(C)(C)CC[C@H]2c2ccc(Cl)cc2)cc1. The second kappa shape index (κ2) is 6.75. The van der Waals surface area contributed by atoms with E-state index in [0.717, 1.165) is 24.0 Å². The van der Waals surface area contributed by atoms with E-state index in [0.29, 0.717) is 16.5 Å². The molecule has 3 nitrogen and oxygen atoms in total. The van der Waals surface area contributed by atoms with Gasteiger partial charge in [0.2, 0.25) is 10.0 Å². The van der Waals surface area contributed by atoms with Crippen LogP contribution in [0.1, 0.15) is 43.9 Å². The third-order valence-electron chi connectivity index (χ3n) is 4.91. The number of halogens is 1. The van der Waals surface area contributed by atoms with Crippen LogP contribution in [0.2, 0.25) is 5.02 Å². The predicted molar refractivity (Wildman–Crippen MR) is 102 cm³/mol. The lowest BCUT2D eigenvalue weighted by Crippen LogP contribution is -2.45. The number of sulfonamides is 1. The molecule has 1 fully saturated rings. The fourth-order valence-electron chi connectivity index (χ4n) is 3.40. The summed E-state index contributed by atoms with van der Waals surface area (Å²) >= 11 is 6.00. The minimum Gasteiger partial charge on any atom is -0.207 e. The van der Waals surface area contributed by atoms with Crippen molar-refractivity contribution in [1.29, 1.82) is 0 Å². The summed E-state index contributed by atoms with van der Waals surface area (Å²) in [7, 11) is -3.56. The van der Waals surface area contributed by atoms with Crippen molar-refractivity contribution in [1.82, 2.24) is 4.31 Å². The molecular weight excluding hydrogens is 354 g/mol. The standard InChI is InChI=1S/C20H24ClNO2S/c1-15-4-10-18(11-5-15)25(23,24)22-14-20(2,3)13-12-19(22)16-6-8-17(21)9-7-16/h4-11,19H,12-14H2,1-3H3/t19-/m0/s1. The van der Waals surface area contributed by atoms with E-state index in [-0.39, 0.29) is 11.5 Å². The van der Waals surface area contributed by atoms with Crippen LogP contribution in [-0.4, -0.2) is 19.3 Å². The molecule has 0 saturated carbocycles. The Labute approximate surface area is 155 Å². The Morgan fingerprint density at radius 1 is 1.04 bits per heavy atom. The number of rotatable bonds is 3. The van der Waals surface area contributed by atoms with Crippen LogP contribution in [0.25, 0.3) is 0 Å². The van der Waals surface area contributed by atoms with Crippen molar-refractivity contribution in [2.75, 3.05) is 6.54 Å². The van der Waals surface area contributed by atoms with Gasteiger partial charge in [0.25, 0.3) is 0 Å². The topological polar surface area (TPSA) is 37.4 Å². The number of aryl methyl sites for hydroxylation is 1. The third-order valence-corrected chi connectivity index (χ3v) is 7.03. The molecule has 0 aromatic heterocycles. The van der Waals surface area contributed by atoms with Crippen molar-refractivity contribution in [3.8, 4) is 0 Å². The van der Waals surface area contributed by atoms with E-state index >= 15 is 0 Å². The second-order valence-electron chi connectivity index (χ2n) is 7.63. The first-order valence-corrected chi connectivity index (χ1v) is 10.3. The van der Waals surface area contributed by atoms with Gasteiger partial charge in [0, 0.05) is 11.6 Å². The van der Waals surface area contributed by atoms with Gasteiger partial charge in [0.1, 0.15) is 0 Å². The first-order chi connectivity index (χ1) is 11.7. The molecule has 0 aliphatic carbocycles. The molecule has 1 atom stereocenters. The molecule has 2 aromatic rings. The van der Waals surface area contributed by atoms with Gasteiger partial charge in [-0.2, -0.15) is 4.31 Å². The van der Waals surface area contributed by atoms with Crippen molar-refractivity contribution in [2.45, 2.75) is 44.6 Å². The number of nitrogens with zero attached hydrogens (tertiary/aromatic N) is 1. The Balaban J connectivity index is 2.03. The van der Waals surface area contributed by atoms with Crippen molar-refractivity contribution < 1.29 is 8.42 Å². The van der Waals surface area contributed by atoms with E-state index in [1.807, 2.05) is 43.3 Å². The van der Waals surface area contributed by atoms with Gasteiger partial charge in [-0.05, 0) is 55.0 Å². The number of hydrogen-bond acceptors (Lipinski definition) is 2. The molecule has 0 N–H and O–H groups in total. The van der Waals surface area contributed by atoms with Gasteiger partial charge in [0.05, 0.1) is 10.9 Å². The molecule has 0 spiro atoms. The van der Waals surface area contributed by atoms with Crippen molar-refractivity contribution in [3.63, 3.8) is 0 Å². The zero-order valence-electron chi connectivity index (χ0n) is 14.9. The summed E-state index contributed by atoms with van der Waals surface area (Å²) in [5.74, 6) is 0. The number of benzene rings is 2. The van der Waals surface area contributed by atoms with E-state index in [9.17, 15) is 8.42 Å². The molecule has 25 heavy (non-hydrogen) atoms. The fourth-order valence-corrected chi connectivity index (χ4v) is 5.36. The summed E-state index contributed by atoms with van der Waals surface area (Å²) in [6.07, 6.45) is 1.79. The van der Waals surface area contributed by atoms with Crippen LogP contribution in [0.4, 0.5) is 0 Å². The van der Waals surface area contributed by atoms with Crippen molar-refractivity contribution in [2.24, 2.45) is 5.41 Å². The van der Waals surface area contributed by atoms with E-state index < -0.39 is 10.0 Å². The molecule has 3 rings (SSSR count).